The van der Waals surface area contributed by atoms with Crippen LogP contribution in [0.1, 0.15) is 46.5 Å². The van der Waals surface area contributed by atoms with Gasteiger partial charge in [0.1, 0.15) is 6.10 Å². The van der Waals surface area contributed by atoms with Crippen molar-refractivity contribution < 1.29 is 43.2 Å². The minimum atomic E-state index is -1.32. The lowest BCUT2D eigenvalue weighted by Crippen LogP contribution is -2.47. The van der Waals surface area contributed by atoms with E-state index in [4.69, 9.17) is 18.9 Å². The first-order valence-corrected chi connectivity index (χ1v) is 10.8. The van der Waals surface area contributed by atoms with Crippen molar-refractivity contribution in [3.8, 4) is 0 Å². The number of aliphatic hydroxyl groups excluding tert-OH is 1. The third-order valence-corrected chi connectivity index (χ3v) is 6.03. The topological polar surface area (TPSA) is 125 Å². The van der Waals surface area contributed by atoms with E-state index < -0.39 is 54.0 Å². The van der Waals surface area contributed by atoms with Crippen LogP contribution in [-0.2, 0) is 38.1 Å². The molecule has 1 fully saturated rings. The molecule has 0 aromatic rings. The van der Waals surface area contributed by atoms with Crippen molar-refractivity contribution in [2.75, 3.05) is 13.7 Å². The number of ether oxygens (including phenoxy) is 4. The standard InChI is InChI=1S/C23H32O9/c1-6-12(2)21(26)32-20-18-13(3)22(27)31-17(18)10-15(11-24)8-7-9-16(23(28)29-5)19(20)30-14(4)25/h9,12,15,17-20,24H,3,6-8,10-11H2,1-2,4-5H3/b16-9+/t12-,15+,17-,18+,19+,20+/m1/s1. The van der Waals surface area contributed by atoms with E-state index in [-0.39, 0.29) is 23.7 Å². The van der Waals surface area contributed by atoms with E-state index in [1.54, 1.807) is 13.0 Å². The normalized spacial score (nSPS) is 30.8. The minimum absolute atomic E-state index is 0.00543. The minimum Gasteiger partial charge on any atom is -0.466 e. The second-order valence-corrected chi connectivity index (χ2v) is 8.25. The molecule has 1 N–H and O–H groups in total. The van der Waals surface area contributed by atoms with Gasteiger partial charge in [-0.25, -0.2) is 9.59 Å². The maximum atomic E-state index is 12.8. The second-order valence-electron chi connectivity index (χ2n) is 8.25. The van der Waals surface area contributed by atoms with E-state index in [0.717, 1.165) is 0 Å². The summed E-state index contributed by atoms with van der Waals surface area (Å²) in [4.78, 5) is 49.8. The third-order valence-electron chi connectivity index (χ3n) is 6.03. The van der Waals surface area contributed by atoms with Crippen LogP contribution in [0.4, 0.5) is 0 Å². The Hall–Kier alpha value is -2.68. The van der Waals surface area contributed by atoms with Crippen LogP contribution >= 0.6 is 0 Å². The van der Waals surface area contributed by atoms with Crippen molar-refractivity contribution in [1.29, 1.82) is 0 Å². The van der Waals surface area contributed by atoms with Gasteiger partial charge in [0.2, 0.25) is 0 Å². The number of carbonyl (C=O) groups is 4. The predicted molar refractivity (Wildman–Crippen MR) is 112 cm³/mol. The van der Waals surface area contributed by atoms with Crippen LogP contribution in [0, 0.1) is 17.8 Å². The molecular formula is C23H32O9. The van der Waals surface area contributed by atoms with Crippen molar-refractivity contribution in [3.63, 3.8) is 0 Å². The summed E-state index contributed by atoms with van der Waals surface area (Å²) in [7, 11) is 1.19. The number of allylic oxidation sites excluding steroid dienone is 1. The number of fused-ring (bicyclic) bond motifs is 1. The molecule has 32 heavy (non-hydrogen) atoms. The molecule has 1 saturated heterocycles. The molecule has 0 aromatic heterocycles. The molecule has 9 nitrogen and oxygen atoms in total. The van der Waals surface area contributed by atoms with E-state index in [9.17, 15) is 24.3 Å². The van der Waals surface area contributed by atoms with Crippen molar-refractivity contribution >= 4 is 23.9 Å². The van der Waals surface area contributed by atoms with Gasteiger partial charge in [0.05, 0.1) is 24.5 Å². The van der Waals surface area contributed by atoms with Gasteiger partial charge in [-0.2, -0.15) is 0 Å². The molecule has 0 amide bonds. The number of methoxy groups -OCH3 is 1. The molecule has 0 aromatic carbocycles. The van der Waals surface area contributed by atoms with Gasteiger partial charge in [-0.1, -0.05) is 26.5 Å². The van der Waals surface area contributed by atoms with E-state index in [1.165, 1.54) is 14.0 Å². The highest BCUT2D eigenvalue weighted by molar-refractivity contribution is 5.92. The first-order chi connectivity index (χ1) is 15.1. The Morgan fingerprint density at radius 3 is 2.56 bits per heavy atom. The molecule has 2 rings (SSSR count). The maximum Gasteiger partial charge on any atom is 0.337 e. The summed E-state index contributed by atoms with van der Waals surface area (Å²) in [5, 5.41) is 9.80. The monoisotopic (exact) mass is 452 g/mol. The molecule has 2 aliphatic rings. The van der Waals surface area contributed by atoms with Crippen molar-refractivity contribution in [2.45, 2.75) is 64.8 Å². The lowest BCUT2D eigenvalue weighted by atomic mass is 9.80. The van der Waals surface area contributed by atoms with E-state index in [0.29, 0.717) is 25.7 Å². The Bertz CT molecular complexity index is 784. The maximum absolute atomic E-state index is 12.8. The molecule has 178 valence electrons. The molecule has 1 aliphatic carbocycles. The van der Waals surface area contributed by atoms with E-state index in [2.05, 4.69) is 6.58 Å². The van der Waals surface area contributed by atoms with Crippen LogP contribution in [0.5, 0.6) is 0 Å². The Labute approximate surface area is 187 Å². The van der Waals surface area contributed by atoms with Gasteiger partial charge in [-0.15, -0.1) is 0 Å². The smallest absolute Gasteiger partial charge is 0.337 e. The van der Waals surface area contributed by atoms with E-state index in [1.807, 2.05) is 6.92 Å². The fourth-order valence-corrected chi connectivity index (χ4v) is 4.00. The summed E-state index contributed by atoms with van der Waals surface area (Å²) in [6.07, 6.45) is -0.105. The zero-order valence-corrected chi connectivity index (χ0v) is 19.0. The summed E-state index contributed by atoms with van der Waals surface area (Å²) >= 11 is 0. The van der Waals surface area contributed by atoms with Gasteiger partial charge < -0.3 is 24.1 Å². The van der Waals surface area contributed by atoms with Crippen molar-refractivity contribution in [2.24, 2.45) is 17.8 Å². The molecule has 0 bridgehead atoms. The van der Waals surface area contributed by atoms with Gasteiger partial charge in [-0.05, 0) is 31.6 Å². The summed E-state index contributed by atoms with van der Waals surface area (Å²) < 4.78 is 21.7. The molecule has 1 aliphatic heterocycles. The highest BCUT2D eigenvalue weighted by Crippen LogP contribution is 2.40. The SMILES string of the molecule is C=C1C(=O)O[C@@H]2C[C@@H](CO)CC/C=C(/C(=O)OC)[C@H](OC(C)=O)[C@@H](OC(=O)[C@H](C)CC)[C@@H]12. The van der Waals surface area contributed by atoms with Crippen LogP contribution in [-0.4, -0.2) is 61.0 Å². The molecule has 0 spiro atoms. The Morgan fingerprint density at radius 1 is 1.31 bits per heavy atom. The van der Waals surface area contributed by atoms with Gasteiger partial charge in [-0.3, -0.25) is 9.59 Å². The largest absolute Gasteiger partial charge is 0.466 e. The highest BCUT2D eigenvalue weighted by atomic mass is 16.6. The zero-order valence-electron chi connectivity index (χ0n) is 19.0. The molecule has 0 unspecified atom stereocenters. The van der Waals surface area contributed by atoms with Crippen LogP contribution < -0.4 is 0 Å². The van der Waals surface area contributed by atoms with Crippen LogP contribution in [0.15, 0.2) is 23.8 Å². The number of esters is 4. The molecule has 0 radical (unpaired) electrons. The zero-order chi connectivity index (χ0) is 24.0. The number of hydrogen-bond donors (Lipinski definition) is 1. The summed E-state index contributed by atoms with van der Waals surface area (Å²) in [5.74, 6) is -4.26. The van der Waals surface area contributed by atoms with Gasteiger partial charge in [0.15, 0.2) is 12.2 Å². The fourth-order valence-electron chi connectivity index (χ4n) is 4.00. The first kappa shape index (κ1) is 25.6. The van der Waals surface area contributed by atoms with Crippen LogP contribution in [0.2, 0.25) is 0 Å². The lowest BCUT2D eigenvalue weighted by Gasteiger charge is -2.35. The number of aliphatic hydroxyl groups is 1. The molecular weight excluding hydrogens is 420 g/mol. The Morgan fingerprint density at radius 2 is 2.00 bits per heavy atom. The highest BCUT2D eigenvalue weighted by Gasteiger charge is 2.51. The predicted octanol–water partition coefficient (Wildman–Crippen LogP) is 1.87. The van der Waals surface area contributed by atoms with Crippen molar-refractivity contribution in [3.05, 3.63) is 23.8 Å². The van der Waals surface area contributed by atoms with Crippen LogP contribution in [0.3, 0.4) is 0 Å². The average Bonchev–Trinajstić information content (AvgIpc) is 3.04. The van der Waals surface area contributed by atoms with Gasteiger partial charge in [0, 0.05) is 19.1 Å². The first-order valence-electron chi connectivity index (χ1n) is 10.8. The number of carbonyl (C=O) groups excluding carboxylic acids is 4. The summed E-state index contributed by atoms with van der Waals surface area (Å²) in [6.45, 7) is 8.34. The quantitative estimate of drug-likeness (QED) is 0.365. The molecule has 6 atom stereocenters. The van der Waals surface area contributed by atoms with Gasteiger partial charge in [0.25, 0.3) is 0 Å². The summed E-state index contributed by atoms with van der Waals surface area (Å²) in [6, 6.07) is 0. The van der Waals surface area contributed by atoms with Gasteiger partial charge >= 0.3 is 23.9 Å². The number of hydrogen-bond acceptors (Lipinski definition) is 9. The second kappa shape index (κ2) is 11.3. The Balaban J connectivity index is 2.66. The average molecular weight is 453 g/mol. The fraction of sp³-hybridized carbons (Fsp3) is 0.652. The summed E-state index contributed by atoms with van der Waals surface area (Å²) in [5.41, 5.74) is 0.0460. The van der Waals surface area contributed by atoms with E-state index >= 15 is 0 Å². The molecule has 0 saturated carbocycles. The third kappa shape index (κ3) is 5.76. The Kier molecular flexibility index (Phi) is 9.00. The van der Waals surface area contributed by atoms with Crippen LogP contribution in [0.25, 0.3) is 0 Å². The molecule has 1 heterocycles. The number of rotatable bonds is 6. The lowest BCUT2D eigenvalue weighted by molar-refractivity contribution is -0.174. The molecule has 9 heteroatoms. The van der Waals surface area contributed by atoms with Crippen molar-refractivity contribution in [1.82, 2.24) is 0 Å².